The van der Waals surface area contributed by atoms with Gasteiger partial charge in [-0.05, 0) is 61.9 Å². The van der Waals surface area contributed by atoms with Gasteiger partial charge in [-0.1, -0.05) is 58.4 Å². The lowest BCUT2D eigenvalue weighted by Crippen LogP contribution is -2.33. The summed E-state index contributed by atoms with van der Waals surface area (Å²) in [5.41, 5.74) is 2.19. The molecule has 0 saturated carbocycles. The van der Waals surface area contributed by atoms with Gasteiger partial charge in [0.05, 0.1) is 31.6 Å². The second kappa shape index (κ2) is 13.1. The van der Waals surface area contributed by atoms with Gasteiger partial charge in [-0.25, -0.2) is 4.90 Å². The normalized spacial score (nSPS) is 18.6. The second-order valence-corrected chi connectivity index (χ2v) is 13.8. The number of aromatic nitrogens is 1. The van der Waals surface area contributed by atoms with Gasteiger partial charge in [0, 0.05) is 47.4 Å². The van der Waals surface area contributed by atoms with E-state index >= 15 is 0 Å². The Morgan fingerprint density at radius 2 is 1.64 bits per heavy atom. The van der Waals surface area contributed by atoms with Crippen LogP contribution in [0.3, 0.4) is 0 Å². The Kier molecular flexibility index (Phi) is 9.16. The Labute approximate surface area is 287 Å². The Balaban J connectivity index is 1.40. The maximum absolute atomic E-state index is 14.1. The van der Waals surface area contributed by atoms with Crippen molar-refractivity contribution in [3.8, 4) is 0 Å². The van der Waals surface area contributed by atoms with Gasteiger partial charge in [0.1, 0.15) is 11.8 Å². The number of imide groups is 1. The van der Waals surface area contributed by atoms with Crippen LogP contribution in [-0.4, -0.2) is 45.6 Å². The number of rotatable bonds is 9. The van der Waals surface area contributed by atoms with Gasteiger partial charge in [0.2, 0.25) is 17.7 Å². The molecular formula is C32H27Cl2N5O6S2. The lowest BCUT2D eigenvalue weighted by atomic mass is 9.83. The minimum Gasteiger partial charge on any atom is -0.372 e. The first-order valence-electron chi connectivity index (χ1n) is 14.6. The molecule has 0 spiro atoms. The van der Waals surface area contributed by atoms with E-state index in [4.69, 9.17) is 23.2 Å². The number of thiazole rings is 1. The molecule has 0 radical (unpaired) electrons. The van der Waals surface area contributed by atoms with Crippen LogP contribution in [0.5, 0.6) is 0 Å². The summed E-state index contributed by atoms with van der Waals surface area (Å²) in [5.74, 6) is -2.96. The van der Waals surface area contributed by atoms with Crippen molar-refractivity contribution in [1.82, 2.24) is 4.57 Å². The Morgan fingerprint density at radius 1 is 0.957 bits per heavy atom. The predicted molar refractivity (Wildman–Crippen MR) is 184 cm³/mol. The van der Waals surface area contributed by atoms with Crippen molar-refractivity contribution in [1.29, 1.82) is 0 Å². The maximum Gasteiger partial charge on any atom is 0.308 e. The Hall–Kier alpha value is -4.17. The molecule has 1 saturated heterocycles. The van der Waals surface area contributed by atoms with Crippen LogP contribution in [0, 0.1) is 16.0 Å². The van der Waals surface area contributed by atoms with Crippen LogP contribution in [-0.2, 0) is 20.9 Å². The molecule has 2 aliphatic heterocycles. The van der Waals surface area contributed by atoms with Crippen LogP contribution in [0.15, 0.2) is 76.6 Å². The molecule has 2 aliphatic rings. The van der Waals surface area contributed by atoms with Crippen LogP contribution >= 0.6 is 46.3 Å². The fourth-order valence-corrected chi connectivity index (χ4v) is 9.06. The van der Waals surface area contributed by atoms with Crippen molar-refractivity contribution < 1.29 is 19.3 Å². The third-order valence-corrected chi connectivity index (χ3v) is 11.6. The molecule has 242 valence electrons. The molecule has 0 bridgehead atoms. The first kappa shape index (κ1) is 32.8. The molecule has 3 heterocycles. The van der Waals surface area contributed by atoms with Crippen LogP contribution in [0.25, 0.3) is 0 Å². The number of fused-ring (bicyclic) bond motifs is 2. The van der Waals surface area contributed by atoms with Gasteiger partial charge < -0.3 is 10.2 Å². The van der Waals surface area contributed by atoms with Crippen LogP contribution < -0.4 is 20.0 Å². The maximum atomic E-state index is 14.1. The van der Waals surface area contributed by atoms with Crippen molar-refractivity contribution in [2.75, 3.05) is 28.2 Å². The van der Waals surface area contributed by atoms with E-state index in [1.807, 2.05) is 24.3 Å². The minimum absolute atomic E-state index is 0.170. The van der Waals surface area contributed by atoms with Gasteiger partial charge in [0.25, 0.3) is 5.69 Å². The number of amides is 3. The Bertz CT molecular complexity index is 1960. The quantitative estimate of drug-likeness (QED) is 0.120. The highest BCUT2D eigenvalue weighted by molar-refractivity contribution is 8.00. The summed E-state index contributed by atoms with van der Waals surface area (Å²) in [7, 11) is 0. The van der Waals surface area contributed by atoms with Gasteiger partial charge in [-0.2, -0.15) is 0 Å². The summed E-state index contributed by atoms with van der Waals surface area (Å²) in [4.78, 5) is 68.8. The first-order valence-corrected chi connectivity index (χ1v) is 17.1. The second-order valence-electron chi connectivity index (χ2n) is 10.9. The fraction of sp³-hybridized carbons (Fsp3) is 0.250. The first-order chi connectivity index (χ1) is 22.5. The molecule has 3 unspecified atom stereocenters. The monoisotopic (exact) mass is 711 g/mol. The van der Waals surface area contributed by atoms with E-state index in [1.54, 1.807) is 12.1 Å². The third-order valence-electron chi connectivity index (χ3n) is 8.25. The summed E-state index contributed by atoms with van der Waals surface area (Å²) in [6.07, 6.45) is 0. The van der Waals surface area contributed by atoms with Crippen molar-refractivity contribution >= 4 is 86.8 Å². The molecule has 11 nitrogen and oxygen atoms in total. The summed E-state index contributed by atoms with van der Waals surface area (Å²) < 4.78 is 1.33. The van der Waals surface area contributed by atoms with Crippen LogP contribution in [0.1, 0.15) is 30.2 Å². The lowest BCUT2D eigenvalue weighted by molar-refractivity contribution is -0.384. The zero-order chi connectivity index (χ0) is 33.6. The molecule has 1 aromatic heterocycles. The number of hydrogen-bond acceptors (Lipinski definition) is 9. The zero-order valence-electron chi connectivity index (χ0n) is 25.0. The van der Waals surface area contributed by atoms with E-state index in [-0.39, 0.29) is 22.9 Å². The van der Waals surface area contributed by atoms with E-state index in [0.29, 0.717) is 20.6 Å². The number of non-ortho nitro benzene ring substituents is 1. The average molecular weight is 713 g/mol. The van der Waals surface area contributed by atoms with Crippen molar-refractivity contribution in [3.05, 3.63) is 107 Å². The number of halogens is 2. The molecule has 1 fully saturated rings. The van der Waals surface area contributed by atoms with Gasteiger partial charge in [0.15, 0.2) is 0 Å². The van der Waals surface area contributed by atoms with Crippen LogP contribution in [0.4, 0.5) is 22.7 Å². The Morgan fingerprint density at radius 3 is 2.26 bits per heavy atom. The predicted octanol–water partition coefficient (Wildman–Crippen LogP) is 6.41. The number of hydrogen-bond donors (Lipinski definition) is 1. The minimum atomic E-state index is -0.906. The highest BCUT2D eigenvalue weighted by atomic mass is 35.5. The number of nitrogens with one attached hydrogen (secondary N) is 1. The molecule has 3 aromatic carbocycles. The van der Waals surface area contributed by atoms with E-state index in [0.717, 1.165) is 52.3 Å². The number of nitro benzene ring substituents is 1. The smallest absolute Gasteiger partial charge is 0.308 e. The zero-order valence-corrected chi connectivity index (χ0v) is 28.2. The standard InChI is InChI=1S/C32H27Cl2N5O6S2/c1-3-36(4-2)19-8-5-17(6-9-19)25-26-27(30(42)38(29(26)41)20-10-12-21(13-11-20)39(44)45)46-31-28(25)47-32(43)37(31)16-24(40)35-18-7-14-22(33)23(34)15-18/h5-15,25-27H,3-4,16H2,1-2H3,(H,35,40). The number of benzene rings is 3. The summed E-state index contributed by atoms with van der Waals surface area (Å²) in [6.45, 7) is 5.38. The average Bonchev–Trinajstić information content (AvgIpc) is 3.50. The number of nitrogens with zero attached hydrogens (tertiary/aromatic N) is 4. The SMILES string of the molecule is CCN(CC)c1ccc(C2c3sc(=O)n(CC(=O)Nc4ccc(Cl)c(Cl)c4)c3SC3C(=O)N(c4ccc([N+](=O)[O-])cc4)C(=O)C32)cc1. The molecule has 4 aromatic rings. The highest BCUT2D eigenvalue weighted by Crippen LogP contribution is 2.54. The number of nitro groups is 1. The molecule has 3 amide bonds. The molecule has 0 aliphatic carbocycles. The van der Waals surface area contributed by atoms with E-state index in [1.165, 1.54) is 34.9 Å². The number of anilines is 3. The summed E-state index contributed by atoms with van der Waals surface area (Å²) >= 11 is 14.1. The summed E-state index contributed by atoms with van der Waals surface area (Å²) in [6, 6.07) is 17.6. The largest absolute Gasteiger partial charge is 0.372 e. The number of carbonyl (C=O) groups is 3. The highest BCUT2D eigenvalue weighted by Gasteiger charge is 2.56. The van der Waals surface area contributed by atoms with Crippen molar-refractivity contribution in [2.45, 2.75) is 36.6 Å². The van der Waals surface area contributed by atoms with Crippen LogP contribution in [0.2, 0.25) is 10.0 Å². The number of carbonyl (C=O) groups excluding carboxylic acids is 3. The van der Waals surface area contributed by atoms with Crippen molar-refractivity contribution in [2.24, 2.45) is 5.92 Å². The molecule has 6 rings (SSSR count). The molecular weight excluding hydrogens is 685 g/mol. The number of thioether (sulfide) groups is 1. The topological polar surface area (TPSA) is 135 Å². The van der Waals surface area contributed by atoms with Gasteiger partial charge in [-0.3, -0.25) is 33.9 Å². The lowest BCUT2D eigenvalue weighted by Gasteiger charge is -2.31. The molecule has 1 N–H and O–H groups in total. The van der Waals surface area contributed by atoms with Crippen molar-refractivity contribution in [3.63, 3.8) is 0 Å². The van der Waals surface area contributed by atoms with E-state index in [2.05, 4.69) is 24.1 Å². The van der Waals surface area contributed by atoms with Gasteiger partial charge in [-0.15, -0.1) is 0 Å². The van der Waals surface area contributed by atoms with E-state index < -0.39 is 44.6 Å². The summed E-state index contributed by atoms with van der Waals surface area (Å²) in [5, 5.41) is 14.1. The third kappa shape index (κ3) is 6.04. The fourth-order valence-electron chi connectivity index (χ4n) is 5.99. The van der Waals surface area contributed by atoms with Gasteiger partial charge >= 0.3 is 4.87 Å². The molecule has 47 heavy (non-hydrogen) atoms. The molecule has 15 heteroatoms. The molecule has 3 atom stereocenters. The van der Waals surface area contributed by atoms with E-state index in [9.17, 15) is 29.3 Å².